The zero-order valence-corrected chi connectivity index (χ0v) is 22.8. The number of benzene rings is 5. The van der Waals surface area contributed by atoms with Crippen LogP contribution in [0.3, 0.4) is 0 Å². The van der Waals surface area contributed by atoms with Crippen LogP contribution in [-0.2, 0) is 5.41 Å². The van der Waals surface area contributed by atoms with Crippen molar-refractivity contribution in [3.63, 3.8) is 0 Å². The van der Waals surface area contributed by atoms with Crippen LogP contribution < -0.4 is 0 Å². The Morgan fingerprint density at radius 3 is 2.24 bits per heavy atom. The van der Waals surface area contributed by atoms with Gasteiger partial charge in [0.25, 0.3) is 0 Å². The number of fused-ring (bicyclic) bond motifs is 10. The lowest BCUT2D eigenvalue weighted by Gasteiger charge is -2.21. The molecule has 0 spiro atoms. The molecule has 194 valence electrons. The number of hydrogen-bond acceptors (Lipinski definition) is 2. The molecule has 5 aromatic carbocycles. The van der Waals surface area contributed by atoms with E-state index >= 15 is 0 Å². The summed E-state index contributed by atoms with van der Waals surface area (Å²) in [5, 5.41) is 4.57. The van der Waals surface area contributed by atoms with Crippen LogP contribution in [0.2, 0.25) is 0 Å². The van der Waals surface area contributed by atoms with Crippen LogP contribution in [0.1, 0.15) is 25.0 Å². The molecule has 8 aromatic rings. The molecule has 0 fully saturated rings. The van der Waals surface area contributed by atoms with Gasteiger partial charge >= 0.3 is 0 Å². The molecule has 0 saturated carbocycles. The molecule has 0 atom stereocenters. The third-order valence-electron chi connectivity index (χ3n) is 9.07. The largest absolute Gasteiger partial charge is 0.455 e. The lowest BCUT2D eigenvalue weighted by Crippen LogP contribution is -2.14. The van der Waals surface area contributed by atoms with Gasteiger partial charge in [0.2, 0.25) is 0 Å². The van der Waals surface area contributed by atoms with Gasteiger partial charge in [0.15, 0.2) is 0 Å². The highest BCUT2D eigenvalue weighted by Gasteiger charge is 2.35. The molecule has 9 rings (SSSR count). The van der Waals surface area contributed by atoms with Crippen LogP contribution in [0.25, 0.3) is 71.8 Å². The van der Waals surface area contributed by atoms with E-state index in [1.165, 1.54) is 27.8 Å². The highest BCUT2D eigenvalue weighted by molar-refractivity contribution is 6.23. The third-order valence-corrected chi connectivity index (χ3v) is 9.07. The lowest BCUT2D eigenvalue weighted by atomic mass is 9.82. The first kappa shape index (κ1) is 22.6. The van der Waals surface area contributed by atoms with Crippen LogP contribution in [-0.4, -0.2) is 9.55 Å². The van der Waals surface area contributed by atoms with E-state index in [1.54, 1.807) is 0 Å². The molecule has 1 aliphatic rings. The van der Waals surface area contributed by atoms with Gasteiger partial charge in [-0.3, -0.25) is 4.57 Å². The van der Waals surface area contributed by atoms with E-state index in [0.29, 0.717) is 0 Å². The fourth-order valence-corrected chi connectivity index (χ4v) is 7.07. The molecule has 41 heavy (non-hydrogen) atoms. The van der Waals surface area contributed by atoms with Crippen molar-refractivity contribution in [1.82, 2.24) is 9.55 Å². The van der Waals surface area contributed by atoms with Gasteiger partial charge < -0.3 is 4.42 Å². The maximum absolute atomic E-state index is 6.44. The Balaban J connectivity index is 1.21. The first-order valence-corrected chi connectivity index (χ1v) is 14.1. The topological polar surface area (TPSA) is 31.0 Å². The number of rotatable bonds is 2. The highest BCUT2D eigenvalue weighted by Crippen LogP contribution is 2.49. The van der Waals surface area contributed by atoms with Gasteiger partial charge in [-0.1, -0.05) is 86.6 Å². The quantitative estimate of drug-likeness (QED) is 0.224. The molecule has 3 aromatic heterocycles. The highest BCUT2D eigenvalue weighted by atomic mass is 16.3. The summed E-state index contributed by atoms with van der Waals surface area (Å²) in [4.78, 5) is 5.02. The van der Waals surface area contributed by atoms with Gasteiger partial charge in [-0.2, -0.15) is 0 Å². The standard InChI is InChI=1S/C38H26N2O/c1-38(2)30-12-6-3-9-25(30)29-21-23(15-18-31(29)38)24-16-20-35(39-22-24)40-32-13-7-4-11-28(32)36-33(40)19-17-27-26-10-5-8-14-34(26)41-37(27)36/h3-22H,1-2H3. The van der Waals surface area contributed by atoms with E-state index in [2.05, 4.69) is 122 Å². The Morgan fingerprint density at radius 1 is 0.610 bits per heavy atom. The molecular formula is C38H26N2O. The molecule has 0 saturated heterocycles. The van der Waals surface area contributed by atoms with E-state index in [9.17, 15) is 0 Å². The summed E-state index contributed by atoms with van der Waals surface area (Å²) >= 11 is 0. The summed E-state index contributed by atoms with van der Waals surface area (Å²) in [5.41, 5.74) is 11.8. The minimum absolute atomic E-state index is 0.00829. The van der Waals surface area contributed by atoms with Gasteiger partial charge in [-0.05, 0) is 70.3 Å². The molecule has 0 radical (unpaired) electrons. The predicted octanol–water partition coefficient (Wildman–Crippen LogP) is 10.1. The molecule has 3 nitrogen and oxygen atoms in total. The molecule has 1 aliphatic carbocycles. The second-order valence-electron chi connectivity index (χ2n) is 11.6. The summed E-state index contributed by atoms with van der Waals surface area (Å²) in [6.07, 6.45) is 2.00. The Morgan fingerprint density at radius 2 is 1.37 bits per heavy atom. The predicted molar refractivity (Wildman–Crippen MR) is 169 cm³/mol. The molecule has 0 unspecified atom stereocenters. The number of nitrogens with zero attached hydrogens (tertiary/aromatic N) is 2. The smallest absolute Gasteiger partial charge is 0.145 e. The van der Waals surface area contributed by atoms with E-state index in [-0.39, 0.29) is 5.41 Å². The van der Waals surface area contributed by atoms with Crippen LogP contribution in [0.5, 0.6) is 0 Å². The number of pyridine rings is 1. The molecule has 0 bridgehead atoms. The second-order valence-corrected chi connectivity index (χ2v) is 11.6. The number of aromatic nitrogens is 2. The number of hydrogen-bond donors (Lipinski definition) is 0. The fraction of sp³-hybridized carbons (Fsp3) is 0.0789. The zero-order chi connectivity index (χ0) is 27.3. The number of para-hydroxylation sites is 2. The van der Waals surface area contributed by atoms with Crippen LogP contribution in [0.4, 0.5) is 0 Å². The Kier molecular flexibility index (Phi) is 4.39. The monoisotopic (exact) mass is 526 g/mol. The first-order valence-electron chi connectivity index (χ1n) is 14.1. The van der Waals surface area contributed by atoms with E-state index in [0.717, 1.165) is 55.1 Å². The molecule has 3 heteroatoms. The molecule has 0 amide bonds. The maximum atomic E-state index is 6.44. The normalized spacial score (nSPS) is 13.8. The maximum Gasteiger partial charge on any atom is 0.145 e. The van der Waals surface area contributed by atoms with Crippen molar-refractivity contribution in [3.05, 3.63) is 133 Å². The Hall–Kier alpha value is -5.15. The van der Waals surface area contributed by atoms with Crippen molar-refractivity contribution in [2.24, 2.45) is 0 Å². The van der Waals surface area contributed by atoms with E-state index < -0.39 is 0 Å². The van der Waals surface area contributed by atoms with Gasteiger partial charge in [-0.25, -0.2) is 4.98 Å². The SMILES string of the molecule is CC1(C)c2ccccc2-c2cc(-c3ccc(-n4c5ccccc5c5c6oc7ccccc7c6ccc54)nc3)ccc21. The van der Waals surface area contributed by atoms with Gasteiger partial charge in [-0.15, -0.1) is 0 Å². The minimum Gasteiger partial charge on any atom is -0.455 e. The Labute approximate surface area is 237 Å². The van der Waals surface area contributed by atoms with Crippen molar-refractivity contribution >= 4 is 43.7 Å². The summed E-state index contributed by atoms with van der Waals surface area (Å²) < 4.78 is 8.69. The zero-order valence-electron chi connectivity index (χ0n) is 22.8. The van der Waals surface area contributed by atoms with E-state index in [4.69, 9.17) is 9.40 Å². The van der Waals surface area contributed by atoms with Crippen LogP contribution >= 0.6 is 0 Å². The van der Waals surface area contributed by atoms with Crippen LogP contribution in [0.15, 0.2) is 126 Å². The van der Waals surface area contributed by atoms with E-state index in [1.807, 2.05) is 18.3 Å². The molecule has 3 heterocycles. The molecule has 0 N–H and O–H groups in total. The van der Waals surface area contributed by atoms with Crippen molar-refractivity contribution in [2.75, 3.05) is 0 Å². The van der Waals surface area contributed by atoms with Crippen molar-refractivity contribution in [1.29, 1.82) is 0 Å². The van der Waals surface area contributed by atoms with Gasteiger partial charge in [0.05, 0.1) is 16.4 Å². The second kappa shape index (κ2) is 7.96. The Bertz CT molecular complexity index is 2330. The third kappa shape index (κ3) is 3.01. The minimum atomic E-state index is 0.00829. The number of furan rings is 1. The average molecular weight is 527 g/mol. The average Bonchev–Trinajstić information content (AvgIpc) is 3.63. The van der Waals surface area contributed by atoms with Gasteiger partial charge in [0.1, 0.15) is 17.0 Å². The summed E-state index contributed by atoms with van der Waals surface area (Å²) in [7, 11) is 0. The van der Waals surface area contributed by atoms with Crippen molar-refractivity contribution in [2.45, 2.75) is 19.3 Å². The summed E-state index contributed by atoms with van der Waals surface area (Å²) in [5.74, 6) is 0.892. The summed E-state index contributed by atoms with van der Waals surface area (Å²) in [6, 6.07) is 41.1. The fourth-order valence-electron chi connectivity index (χ4n) is 7.07. The van der Waals surface area contributed by atoms with Crippen molar-refractivity contribution in [3.8, 4) is 28.1 Å². The van der Waals surface area contributed by atoms with Crippen molar-refractivity contribution < 1.29 is 4.42 Å². The lowest BCUT2D eigenvalue weighted by molar-refractivity contribution is 0.660. The first-order chi connectivity index (χ1) is 20.1. The molecular weight excluding hydrogens is 500 g/mol. The van der Waals surface area contributed by atoms with Gasteiger partial charge in [0, 0.05) is 33.3 Å². The summed E-state index contributed by atoms with van der Waals surface area (Å²) in [6.45, 7) is 4.64. The molecule has 0 aliphatic heterocycles. The van der Waals surface area contributed by atoms with Crippen LogP contribution in [0, 0.1) is 0 Å².